The zero-order valence-electron chi connectivity index (χ0n) is 9.37. The first kappa shape index (κ1) is 11.9. The van der Waals surface area contributed by atoms with Gasteiger partial charge in [-0.2, -0.15) is 4.39 Å². The van der Waals surface area contributed by atoms with Gasteiger partial charge in [0, 0.05) is 0 Å². The molecule has 1 aromatic heterocycles. The summed E-state index contributed by atoms with van der Waals surface area (Å²) in [6.07, 6.45) is -1.04. The van der Waals surface area contributed by atoms with Crippen LogP contribution in [0.25, 0.3) is 0 Å². The third-order valence-corrected chi connectivity index (χ3v) is 2.11. The minimum absolute atomic E-state index is 0.0554. The number of nitrogens with zero attached hydrogens (tertiary/aromatic N) is 1. The Labute approximate surface area is 88.9 Å². The van der Waals surface area contributed by atoms with Crippen LogP contribution in [0.5, 0.6) is 5.75 Å². The van der Waals surface area contributed by atoms with Gasteiger partial charge in [-0.3, -0.25) is 0 Å². The Balaban J connectivity index is 3.02. The van der Waals surface area contributed by atoms with Gasteiger partial charge in [0.1, 0.15) is 6.10 Å². The lowest BCUT2D eigenvalue weighted by Crippen LogP contribution is -2.18. The molecular weight excluding hydrogens is 197 g/mol. The summed E-state index contributed by atoms with van der Waals surface area (Å²) in [5, 5.41) is 11.8. The summed E-state index contributed by atoms with van der Waals surface area (Å²) >= 11 is 0. The van der Waals surface area contributed by atoms with Crippen LogP contribution < -0.4 is 4.74 Å². The van der Waals surface area contributed by atoms with Crippen molar-refractivity contribution >= 4 is 0 Å². The number of halogens is 1. The van der Waals surface area contributed by atoms with Crippen molar-refractivity contribution < 1.29 is 14.2 Å². The van der Waals surface area contributed by atoms with Crippen LogP contribution in [0.4, 0.5) is 4.39 Å². The van der Waals surface area contributed by atoms with Gasteiger partial charge < -0.3 is 4.74 Å². The van der Waals surface area contributed by atoms with Crippen LogP contribution in [0.2, 0.25) is 0 Å². The first-order chi connectivity index (χ1) is 6.86. The molecule has 4 heteroatoms. The Bertz CT molecular complexity index is 347. The Kier molecular flexibility index (Phi) is 3.29. The molecule has 0 fully saturated rings. The van der Waals surface area contributed by atoms with Gasteiger partial charge in [0.15, 0.2) is 5.75 Å². The molecule has 0 saturated carbocycles. The molecule has 0 aliphatic rings. The highest BCUT2D eigenvalue weighted by atomic mass is 19.1. The Morgan fingerprint density at radius 2 is 2.00 bits per heavy atom. The number of methoxy groups -OCH3 is 1. The van der Waals surface area contributed by atoms with Crippen LogP contribution in [-0.4, -0.2) is 12.1 Å². The summed E-state index contributed by atoms with van der Waals surface area (Å²) in [5.41, 5.74) is -0.269. The molecule has 1 radical (unpaired) electrons. The SMILES string of the molecule is COc1ccc(C([O])C(C)(C)C)nc1F. The van der Waals surface area contributed by atoms with Gasteiger partial charge in [0.2, 0.25) is 0 Å². The van der Waals surface area contributed by atoms with Gasteiger partial charge in [-0.1, -0.05) is 20.8 Å². The van der Waals surface area contributed by atoms with E-state index in [0.717, 1.165) is 0 Å². The van der Waals surface area contributed by atoms with Crippen LogP contribution in [0.3, 0.4) is 0 Å². The van der Waals surface area contributed by atoms with Crippen LogP contribution >= 0.6 is 0 Å². The first-order valence-corrected chi connectivity index (χ1v) is 4.72. The number of aromatic nitrogens is 1. The Hall–Kier alpha value is -1.16. The topological polar surface area (TPSA) is 42.0 Å². The monoisotopic (exact) mass is 212 g/mol. The quantitative estimate of drug-likeness (QED) is 0.707. The van der Waals surface area contributed by atoms with E-state index in [1.165, 1.54) is 19.2 Å². The lowest BCUT2D eigenvalue weighted by atomic mass is 9.87. The summed E-state index contributed by atoms with van der Waals surface area (Å²) in [4.78, 5) is 3.61. The fourth-order valence-corrected chi connectivity index (χ4v) is 1.18. The van der Waals surface area contributed by atoms with Crippen molar-refractivity contribution in [1.82, 2.24) is 4.98 Å². The molecule has 0 aromatic carbocycles. The van der Waals surface area contributed by atoms with Gasteiger partial charge >= 0.3 is 0 Å². The predicted octanol–water partition coefficient (Wildman–Crippen LogP) is 2.75. The molecule has 0 spiro atoms. The van der Waals surface area contributed by atoms with Crippen LogP contribution in [-0.2, 0) is 5.11 Å². The highest BCUT2D eigenvalue weighted by molar-refractivity contribution is 5.23. The van der Waals surface area contributed by atoms with Gasteiger partial charge in [-0.15, -0.1) is 0 Å². The van der Waals surface area contributed by atoms with E-state index in [1.807, 2.05) is 0 Å². The third-order valence-electron chi connectivity index (χ3n) is 2.11. The second-order valence-corrected chi connectivity index (χ2v) is 4.48. The molecule has 1 aromatic rings. The van der Waals surface area contributed by atoms with Crippen molar-refractivity contribution in [3.63, 3.8) is 0 Å². The number of hydrogen-bond acceptors (Lipinski definition) is 2. The number of hydrogen-bond donors (Lipinski definition) is 0. The van der Waals surface area contributed by atoms with Crippen molar-refractivity contribution in [3.8, 4) is 5.75 Å². The molecule has 0 aliphatic heterocycles. The van der Waals surface area contributed by atoms with Gasteiger partial charge in [0.05, 0.1) is 12.8 Å². The largest absolute Gasteiger partial charge is 0.492 e. The summed E-state index contributed by atoms with van der Waals surface area (Å²) in [6, 6.07) is 2.93. The van der Waals surface area contributed by atoms with E-state index in [-0.39, 0.29) is 11.4 Å². The minimum atomic E-state index is -1.04. The van der Waals surface area contributed by atoms with E-state index in [1.54, 1.807) is 20.8 Å². The second-order valence-electron chi connectivity index (χ2n) is 4.48. The van der Waals surface area contributed by atoms with E-state index >= 15 is 0 Å². The highest BCUT2D eigenvalue weighted by Crippen LogP contribution is 2.32. The molecule has 1 rings (SSSR count). The maximum absolute atomic E-state index is 13.2. The molecule has 1 heterocycles. The molecule has 1 atom stereocenters. The number of pyridine rings is 1. The average Bonchev–Trinajstić information content (AvgIpc) is 2.15. The molecule has 0 saturated heterocycles. The molecule has 3 nitrogen and oxygen atoms in total. The fraction of sp³-hybridized carbons (Fsp3) is 0.545. The normalized spacial score (nSPS) is 13.7. The Morgan fingerprint density at radius 3 is 2.40 bits per heavy atom. The summed E-state index contributed by atoms with van der Waals surface area (Å²) in [7, 11) is 1.36. The summed E-state index contributed by atoms with van der Waals surface area (Å²) in [6.45, 7) is 5.40. The van der Waals surface area contributed by atoms with E-state index in [0.29, 0.717) is 0 Å². The molecule has 15 heavy (non-hydrogen) atoms. The molecular formula is C11H15FNO2. The summed E-state index contributed by atoms with van der Waals surface area (Å²) in [5.74, 6) is -0.681. The van der Waals surface area contributed by atoms with Gasteiger partial charge in [-0.25, -0.2) is 10.1 Å². The molecule has 0 aliphatic carbocycles. The third kappa shape index (κ3) is 2.65. The van der Waals surface area contributed by atoms with Crippen molar-refractivity contribution in [3.05, 3.63) is 23.8 Å². The van der Waals surface area contributed by atoms with Crippen molar-refractivity contribution in [2.45, 2.75) is 26.9 Å². The van der Waals surface area contributed by atoms with E-state index in [2.05, 4.69) is 4.98 Å². The zero-order chi connectivity index (χ0) is 11.6. The van der Waals surface area contributed by atoms with Crippen LogP contribution in [0.15, 0.2) is 12.1 Å². The fourth-order valence-electron chi connectivity index (χ4n) is 1.18. The highest BCUT2D eigenvalue weighted by Gasteiger charge is 2.27. The second kappa shape index (κ2) is 4.14. The molecule has 1 unspecified atom stereocenters. The van der Waals surface area contributed by atoms with Crippen LogP contribution in [0.1, 0.15) is 32.6 Å². The predicted molar refractivity (Wildman–Crippen MR) is 53.6 cm³/mol. The minimum Gasteiger partial charge on any atom is -0.492 e. The maximum Gasteiger partial charge on any atom is 0.255 e. The molecule has 83 valence electrons. The molecule has 0 bridgehead atoms. The molecule has 0 amide bonds. The first-order valence-electron chi connectivity index (χ1n) is 4.72. The van der Waals surface area contributed by atoms with Crippen LogP contribution in [0, 0.1) is 11.4 Å². The van der Waals surface area contributed by atoms with Gasteiger partial charge in [-0.05, 0) is 17.5 Å². The number of ether oxygens (including phenoxy) is 1. The lowest BCUT2D eigenvalue weighted by Gasteiger charge is -2.23. The lowest BCUT2D eigenvalue weighted by molar-refractivity contribution is -0.00532. The van der Waals surface area contributed by atoms with E-state index < -0.39 is 17.5 Å². The summed E-state index contributed by atoms with van der Waals surface area (Å²) < 4.78 is 17.9. The number of rotatable bonds is 2. The van der Waals surface area contributed by atoms with E-state index in [9.17, 15) is 9.50 Å². The zero-order valence-corrected chi connectivity index (χ0v) is 9.37. The van der Waals surface area contributed by atoms with Gasteiger partial charge in [0.25, 0.3) is 5.95 Å². The van der Waals surface area contributed by atoms with Crippen molar-refractivity contribution in [2.75, 3.05) is 7.11 Å². The smallest absolute Gasteiger partial charge is 0.255 e. The standard InChI is InChI=1S/C11H15FNO2/c1-11(2,3)9(14)7-5-6-8(15-4)10(12)13-7/h5-6,9H,1-4H3. The average molecular weight is 212 g/mol. The Morgan fingerprint density at radius 1 is 1.40 bits per heavy atom. The molecule has 0 N–H and O–H groups in total. The van der Waals surface area contributed by atoms with E-state index in [4.69, 9.17) is 4.74 Å². The maximum atomic E-state index is 13.2. The van der Waals surface area contributed by atoms with Crippen molar-refractivity contribution in [2.24, 2.45) is 5.41 Å². The van der Waals surface area contributed by atoms with Crippen molar-refractivity contribution in [1.29, 1.82) is 0 Å².